The van der Waals surface area contributed by atoms with Crippen molar-refractivity contribution in [2.24, 2.45) is 5.92 Å². The summed E-state index contributed by atoms with van der Waals surface area (Å²) in [6, 6.07) is -0.365. The fourth-order valence-corrected chi connectivity index (χ4v) is 1.86. The van der Waals surface area contributed by atoms with Crippen LogP contribution in [-0.4, -0.2) is 42.7 Å². The number of nitrogens with zero attached hydrogens (tertiary/aromatic N) is 1. The number of hydrogen-bond donors (Lipinski definition) is 1. The first-order valence-electron chi connectivity index (χ1n) is 5.89. The maximum Gasteiger partial charge on any atom is 0.471 e. The first-order valence-corrected chi connectivity index (χ1v) is 5.89. The fourth-order valence-electron chi connectivity index (χ4n) is 1.86. The van der Waals surface area contributed by atoms with Crippen molar-refractivity contribution in [2.75, 3.05) is 19.6 Å². The number of carbonyl (C=O) groups excluding carboxylic acids is 1. The molecule has 100 valence electrons. The molecule has 0 aromatic rings. The third-order valence-electron chi connectivity index (χ3n) is 2.89. The SMILES string of the molecule is CC(C)CCN1CC[C@@H](NC(=O)C(F)(F)F)C1. The molecular weight excluding hydrogens is 233 g/mol. The van der Waals surface area contributed by atoms with E-state index >= 15 is 0 Å². The molecule has 0 bridgehead atoms. The number of hydrogen-bond acceptors (Lipinski definition) is 2. The van der Waals surface area contributed by atoms with Gasteiger partial charge in [-0.05, 0) is 25.3 Å². The summed E-state index contributed by atoms with van der Waals surface area (Å²) in [4.78, 5) is 12.8. The molecule has 0 aromatic heterocycles. The Bertz CT molecular complexity index is 266. The maximum atomic E-state index is 12.0. The first-order chi connectivity index (χ1) is 7.79. The highest BCUT2D eigenvalue weighted by Crippen LogP contribution is 2.17. The van der Waals surface area contributed by atoms with Gasteiger partial charge in [0, 0.05) is 19.1 Å². The van der Waals surface area contributed by atoms with Crippen LogP contribution in [0.5, 0.6) is 0 Å². The Labute approximate surface area is 99.4 Å². The molecule has 0 saturated carbocycles. The zero-order chi connectivity index (χ0) is 13.1. The Kier molecular flexibility index (Phi) is 4.80. The Morgan fingerprint density at radius 3 is 2.65 bits per heavy atom. The van der Waals surface area contributed by atoms with Gasteiger partial charge in [-0.3, -0.25) is 4.79 Å². The molecule has 17 heavy (non-hydrogen) atoms. The lowest BCUT2D eigenvalue weighted by Crippen LogP contribution is -2.44. The van der Waals surface area contributed by atoms with Crippen molar-refractivity contribution in [1.29, 1.82) is 0 Å². The van der Waals surface area contributed by atoms with Gasteiger partial charge >= 0.3 is 12.1 Å². The van der Waals surface area contributed by atoms with E-state index in [0.29, 0.717) is 18.9 Å². The zero-order valence-corrected chi connectivity index (χ0v) is 10.2. The van der Waals surface area contributed by atoms with Gasteiger partial charge in [-0.25, -0.2) is 0 Å². The second-order valence-electron chi connectivity index (χ2n) is 4.94. The van der Waals surface area contributed by atoms with Crippen LogP contribution in [0.25, 0.3) is 0 Å². The Hall–Kier alpha value is -0.780. The lowest BCUT2D eigenvalue weighted by molar-refractivity contribution is -0.174. The third-order valence-corrected chi connectivity index (χ3v) is 2.89. The molecular formula is C11H19F3N2O. The second kappa shape index (κ2) is 5.71. The van der Waals surface area contributed by atoms with Crippen LogP contribution in [0.15, 0.2) is 0 Å². The Morgan fingerprint density at radius 1 is 1.47 bits per heavy atom. The van der Waals surface area contributed by atoms with E-state index in [1.807, 2.05) is 5.32 Å². The van der Waals surface area contributed by atoms with Gasteiger partial charge in [0.15, 0.2) is 0 Å². The van der Waals surface area contributed by atoms with Crippen molar-refractivity contribution in [3.63, 3.8) is 0 Å². The van der Waals surface area contributed by atoms with Crippen LogP contribution < -0.4 is 5.32 Å². The number of rotatable bonds is 4. The van der Waals surface area contributed by atoms with E-state index in [1.54, 1.807) is 0 Å². The van der Waals surface area contributed by atoms with Gasteiger partial charge in [0.05, 0.1) is 0 Å². The van der Waals surface area contributed by atoms with Gasteiger partial charge in [-0.15, -0.1) is 0 Å². The van der Waals surface area contributed by atoms with Crippen LogP contribution in [0.1, 0.15) is 26.7 Å². The molecule has 1 N–H and O–H groups in total. The number of likely N-dealkylation sites (tertiary alicyclic amines) is 1. The third kappa shape index (κ3) is 4.93. The average molecular weight is 252 g/mol. The summed E-state index contributed by atoms with van der Waals surface area (Å²) in [7, 11) is 0. The van der Waals surface area contributed by atoms with Gasteiger partial charge in [-0.2, -0.15) is 13.2 Å². The van der Waals surface area contributed by atoms with Crippen LogP contribution in [0.4, 0.5) is 13.2 Å². The number of carbonyl (C=O) groups is 1. The highest BCUT2D eigenvalue weighted by atomic mass is 19.4. The van der Waals surface area contributed by atoms with Gasteiger partial charge in [-0.1, -0.05) is 13.8 Å². The van der Waals surface area contributed by atoms with Crippen LogP contribution >= 0.6 is 0 Å². The lowest BCUT2D eigenvalue weighted by atomic mass is 10.1. The summed E-state index contributed by atoms with van der Waals surface area (Å²) in [5.74, 6) is -1.24. The molecule has 3 nitrogen and oxygen atoms in total. The minimum atomic E-state index is -4.77. The smallest absolute Gasteiger partial charge is 0.344 e. The summed E-state index contributed by atoms with van der Waals surface area (Å²) in [5, 5.41) is 2.03. The average Bonchev–Trinajstić information content (AvgIpc) is 2.61. The number of amides is 1. The van der Waals surface area contributed by atoms with Crippen LogP contribution in [0.2, 0.25) is 0 Å². The second-order valence-corrected chi connectivity index (χ2v) is 4.94. The predicted octanol–water partition coefficient (Wildman–Crippen LogP) is 1.79. The van der Waals surface area contributed by atoms with Crippen LogP contribution in [0.3, 0.4) is 0 Å². The summed E-state index contributed by atoms with van der Waals surface area (Å²) < 4.78 is 36.1. The summed E-state index contributed by atoms with van der Waals surface area (Å²) in [6.07, 6.45) is -3.15. The van der Waals surface area contributed by atoms with E-state index in [-0.39, 0.29) is 6.04 Å². The quantitative estimate of drug-likeness (QED) is 0.827. The number of halogens is 3. The Balaban J connectivity index is 2.29. The standard InChI is InChI=1S/C11H19F3N2O/c1-8(2)3-5-16-6-4-9(7-16)15-10(17)11(12,13)14/h8-9H,3-7H2,1-2H3,(H,15,17)/t9-/m1/s1. The summed E-state index contributed by atoms with van der Waals surface area (Å²) >= 11 is 0. The van der Waals surface area contributed by atoms with Crippen molar-refractivity contribution < 1.29 is 18.0 Å². The van der Waals surface area contributed by atoms with Crippen molar-refractivity contribution in [1.82, 2.24) is 10.2 Å². The van der Waals surface area contributed by atoms with E-state index in [9.17, 15) is 18.0 Å². The minimum absolute atomic E-state index is 0.365. The molecule has 1 heterocycles. The summed E-state index contributed by atoms with van der Waals surface area (Å²) in [6.45, 7) is 6.39. The molecule has 1 atom stereocenters. The van der Waals surface area contributed by atoms with E-state index in [4.69, 9.17) is 0 Å². The maximum absolute atomic E-state index is 12.0. The van der Waals surface area contributed by atoms with Crippen molar-refractivity contribution in [3.8, 4) is 0 Å². The van der Waals surface area contributed by atoms with Crippen molar-refractivity contribution in [2.45, 2.75) is 38.9 Å². The molecule has 0 spiro atoms. The minimum Gasteiger partial charge on any atom is -0.344 e. The predicted molar refractivity (Wildman–Crippen MR) is 58.5 cm³/mol. The van der Waals surface area contributed by atoms with E-state index < -0.39 is 12.1 Å². The molecule has 6 heteroatoms. The van der Waals surface area contributed by atoms with E-state index in [0.717, 1.165) is 19.5 Å². The molecule has 0 aliphatic carbocycles. The summed E-state index contributed by atoms with van der Waals surface area (Å²) in [5.41, 5.74) is 0. The topological polar surface area (TPSA) is 32.3 Å². The van der Waals surface area contributed by atoms with E-state index in [2.05, 4.69) is 18.7 Å². The zero-order valence-electron chi connectivity index (χ0n) is 10.2. The molecule has 1 fully saturated rings. The molecule has 0 unspecified atom stereocenters. The molecule has 1 amide bonds. The van der Waals surface area contributed by atoms with Gasteiger partial charge in [0.25, 0.3) is 0 Å². The number of nitrogens with one attached hydrogen (secondary N) is 1. The molecule has 1 aliphatic heterocycles. The van der Waals surface area contributed by atoms with Gasteiger partial charge < -0.3 is 10.2 Å². The molecule has 1 rings (SSSR count). The normalized spacial score (nSPS) is 22.1. The Morgan fingerprint density at radius 2 is 2.12 bits per heavy atom. The van der Waals surface area contributed by atoms with Gasteiger partial charge in [0.1, 0.15) is 0 Å². The highest BCUT2D eigenvalue weighted by molar-refractivity contribution is 5.81. The lowest BCUT2D eigenvalue weighted by Gasteiger charge is -2.18. The van der Waals surface area contributed by atoms with Crippen molar-refractivity contribution in [3.05, 3.63) is 0 Å². The fraction of sp³-hybridized carbons (Fsp3) is 0.909. The molecule has 0 aromatic carbocycles. The van der Waals surface area contributed by atoms with Crippen LogP contribution in [-0.2, 0) is 4.79 Å². The molecule has 1 saturated heterocycles. The molecule has 0 radical (unpaired) electrons. The van der Waals surface area contributed by atoms with E-state index in [1.165, 1.54) is 0 Å². The first kappa shape index (κ1) is 14.3. The monoisotopic (exact) mass is 252 g/mol. The largest absolute Gasteiger partial charge is 0.471 e. The number of alkyl halides is 3. The molecule has 1 aliphatic rings. The highest BCUT2D eigenvalue weighted by Gasteiger charge is 2.40. The van der Waals surface area contributed by atoms with Crippen molar-refractivity contribution >= 4 is 5.91 Å². The van der Waals surface area contributed by atoms with Crippen LogP contribution in [0, 0.1) is 5.92 Å². The van der Waals surface area contributed by atoms with Gasteiger partial charge in [0.2, 0.25) is 0 Å².